The van der Waals surface area contributed by atoms with Crippen LogP contribution in [0.5, 0.6) is 0 Å². The van der Waals surface area contributed by atoms with Crippen molar-refractivity contribution in [3.05, 3.63) is 34.9 Å². The van der Waals surface area contributed by atoms with Crippen molar-refractivity contribution in [2.75, 3.05) is 19.4 Å². The van der Waals surface area contributed by atoms with E-state index >= 15 is 0 Å². The van der Waals surface area contributed by atoms with Crippen LogP contribution in [0.1, 0.15) is 56.3 Å². The Morgan fingerprint density at radius 3 is 2.32 bits per heavy atom. The zero-order valence-electron chi connectivity index (χ0n) is 20.6. The number of nitrogens with one attached hydrogen (secondary N) is 2. The molecule has 1 aromatic carbocycles. The summed E-state index contributed by atoms with van der Waals surface area (Å²) < 4.78 is 9.92. The zero-order valence-corrected chi connectivity index (χ0v) is 21.5. The van der Waals surface area contributed by atoms with Crippen molar-refractivity contribution in [2.45, 2.75) is 71.2 Å². The van der Waals surface area contributed by atoms with Gasteiger partial charge in [-0.25, -0.2) is 4.79 Å². The Balaban J connectivity index is 2.41. The van der Waals surface area contributed by atoms with Crippen LogP contribution in [0.4, 0.5) is 4.79 Å². The first-order chi connectivity index (χ1) is 15.9. The van der Waals surface area contributed by atoms with Gasteiger partial charge >= 0.3 is 12.1 Å². The molecular weight excluding hydrogens is 458 g/mol. The van der Waals surface area contributed by atoms with E-state index in [1.54, 1.807) is 20.8 Å². The number of ether oxygens (including phenoxy) is 2. The average Bonchev–Trinajstić information content (AvgIpc) is 3.57. The van der Waals surface area contributed by atoms with Gasteiger partial charge in [-0.15, -0.1) is 0 Å². The first kappa shape index (κ1) is 27.5. The number of amides is 3. The lowest BCUT2D eigenvalue weighted by Gasteiger charge is -2.35. The molecule has 0 spiro atoms. The predicted molar refractivity (Wildman–Crippen MR) is 131 cm³/mol. The molecule has 1 fully saturated rings. The number of esters is 1. The maximum Gasteiger partial charge on any atom is 0.408 e. The topological polar surface area (TPSA) is 114 Å². The van der Waals surface area contributed by atoms with E-state index in [2.05, 4.69) is 28.0 Å². The summed E-state index contributed by atoms with van der Waals surface area (Å²) in [5.74, 6) is -1.53. The van der Waals surface area contributed by atoms with Crippen LogP contribution >= 0.6 is 12.6 Å². The van der Waals surface area contributed by atoms with Gasteiger partial charge in [0.05, 0.1) is 7.11 Å². The molecule has 34 heavy (non-hydrogen) atoms. The lowest BCUT2D eigenvalue weighted by atomic mass is 9.96. The van der Waals surface area contributed by atoms with Gasteiger partial charge < -0.3 is 25.0 Å². The maximum atomic E-state index is 13.7. The molecule has 1 aromatic rings. The molecule has 2 atom stereocenters. The Morgan fingerprint density at radius 2 is 1.82 bits per heavy atom. The molecule has 0 bridgehead atoms. The SMILES string of the molecule is COC(=O)CNC(=O)C(c1ccc(C)cc1C)N(C(=O)C(CS)NC(=O)OC(C)(C)C)C1CC1. The van der Waals surface area contributed by atoms with E-state index in [0.717, 1.165) is 24.0 Å². The standard InChI is InChI=1S/C24H35N3O6S/c1-14-7-10-17(15(2)11-14)20(21(29)25-12-19(28)32-6)27(16-8-9-16)22(30)18(13-34)26-23(31)33-24(3,4)5/h7,10-11,16,18,20,34H,8-9,12-13H2,1-6H3,(H,25,29)(H,26,31). The van der Waals surface area contributed by atoms with Crippen molar-refractivity contribution >= 4 is 36.5 Å². The molecule has 2 N–H and O–H groups in total. The van der Waals surface area contributed by atoms with E-state index in [0.29, 0.717) is 5.56 Å². The van der Waals surface area contributed by atoms with E-state index in [9.17, 15) is 19.2 Å². The van der Waals surface area contributed by atoms with Crippen molar-refractivity contribution in [2.24, 2.45) is 0 Å². The monoisotopic (exact) mass is 493 g/mol. The summed E-state index contributed by atoms with van der Waals surface area (Å²) in [6.07, 6.45) is 0.709. The van der Waals surface area contributed by atoms with E-state index < -0.39 is 41.6 Å². The number of nitrogens with zero attached hydrogens (tertiary/aromatic N) is 1. The number of methoxy groups -OCH3 is 1. The molecule has 3 amide bonds. The average molecular weight is 494 g/mol. The number of rotatable bonds is 9. The normalized spacial score (nSPS) is 15.0. The highest BCUT2D eigenvalue weighted by Gasteiger charge is 2.44. The quantitative estimate of drug-likeness (QED) is 0.360. The van der Waals surface area contributed by atoms with Crippen molar-refractivity contribution in [1.29, 1.82) is 0 Å². The van der Waals surface area contributed by atoms with Gasteiger partial charge in [0, 0.05) is 11.8 Å². The largest absolute Gasteiger partial charge is 0.468 e. The highest BCUT2D eigenvalue weighted by Crippen LogP contribution is 2.36. The van der Waals surface area contributed by atoms with Crippen LogP contribution in [0.15, 0.2) is 18.2 Å². The fourth-order valence-electron chi connectivity index (χ4n) is 3.56. The summed E-state index contributed by atoms with van der Waals surface area (Å²) in [6, 6.07) is 3.44. The number of hydrogen-bond donors (Lipinski definition) is 3. The van der Waals surface area contributed by atoms with Gasteiger partial charge in [0.25, 0.3) is 0 Å². The van der Waals surface area contributed by atoms with Crippen LogP contribution < -0.4 is 10.6 Å². The summed E-state index contributed by atoms with van der Waals surface area (Å²) in [6.45, 7) is 8.66. The Morgan fingerprint density at radius 1 is 1.18 bits per heavy atom. The minimum Gasteiger partial charge on any atom is -0.468 e. The van der Waals surface area contributed by atoms with Crippen LogP contribution in [-0.4, -0.2) is 65.9 Å². The van der Waals surface area contributed by atoms with Crippen LogP contribution in [-0.2, 0) is 23.9 Å². The van der Waals surface area contributed by atoms with Crippen molar-refractivity contribution in [3.8, 4) is 0 Å². The van der Waals surface area contributed by atoms with Gasteiger partial charge in [0.2, 0.25) is 11.8 Å². The van der Waals surface area contributed by atoms with Gasteiger partial charge in [-0.05, 0) is 58.6 Å². The number of carbonyl (C=O) groups is 4. The highest BCUT2D eigenvalue weighted by molar-refractivity contribution is 7.80. The number of benzene rings is 1. The third-order valence-corrected chi connectivity index (χ3v) is 5.61. The van der Waals surface area contributed by atoms with Crippen molar-refractivity contribution < 1.29 is 28.7 Å². The molecule has 0 radical (unpaired) electrons. The van der Waals surface area contributed by atoms with Crippen molar-refractivity contribution in [1.82, 2.24) is 15.5 Å². The molecule has 1 aliphatic carbocycles. The first-order valence-electron chi connectivity index (χ1n) is 11.2. The van der Waals surface area contributed by atoms with Gasteiger partial charge in [-0.2, -0.15) is 12.6 Å². The zero-order chi connectivity index (χ0) is 25.6. The summed E-state index contributed by atoms with van der Waals surface area (Å²) in [5, 5.41) is 5.16. The molecule has 0 saturated heterocycles. The van der Waals surface area contributed by atoms with Crippen LogP contribution in [0.25, 0.3) is 0 Å². The van der Waals surface area contributed by atoms with Gasteiger partial charge in [0.15, 0.2) is 0 Å². The molecule has 1 aliphatic rings. The van der Waals surface area contributed by atoms with Gasteiger partial charge in [0.1, 0.15) is 24.2 Å². The Hall–Kier alpha value is -2.75. The molecular formula is C24H35N3O6S. The van der Waals surface area contributed by atoms with Gasteiger partial charge in [-0.3, -0.25) is 14.4 Å². The number of aryl methyl sites for hydroxylation is 2. The van der Waals surface area contributed by atoms with Gasteiger partial charge in [-0.1, -0.05) is 23.8 Å². The molecule has 0 heterocycles. The molecule has 10 heteroatoms. The summed E-state index contributed by atoms with van der Waals surface area (Å²) >= 11 is 4.27. The van der Waals surface area contributed by atoms with E-state index in [1.807, 2.05) is 32.0 Å². The van der Waals surface area contributed by atoms with Crippen molar-refractivity contribution in [3.63, 3.8) is 0 Å². The molecule has 2 unspecified atom stereocenters. The first-order valence-corrected chi connectivity index (χ1v) is 11.9. The molecule has 188 valence electrons. The molecule has 2 rings (SSSR count). The second-order valence-corrected chi connectivity index (χ2v) is 9.78. The summed E-state index contributed by atoms with van der Waals surface area (Å²) in [4.78, 5) is 52.5. The third-order valence-electron chi connectivity index (χ3n) is 5.25. The molecule has 0 aliphatic heterocycles. The molecule has 0 aromatic heterocycles. The Bertz CT molecular complexity index is 926. The number of thiol groups is 1. The predicted octanol–water partition coefficient (Wildman–Crippen LogP) is 2.45. The number of alkyl carbamates (subject to hydrolysis) is 1. The molecule has 9 nitrogen and oxygen atoms in total. The number of hydrogen-bond acceptors (Lipinski definition) is 7. The maximum absolute atomic E-state index is 13.7. The number of carbonyl (C=O) groups excluding carboxylic acids is 4. The van der Waals surface area contributed by atoms with Crippen LogP contribution in [0.3, 0.4) is 0 Å². The summed E-state index contributed by atoms with van der Waals surface area (Å²) in [7, 11) is 1.23. The molecule has 1 saturated carbocycles. The smallest absolute Gasteiger partial charge is 0.408 e. The minimum atomic E-state index is -1.000. The lowest BCUT2D eigenvalue weighted by molar-refractivity contribution is -0.145. The highest BCUT2D eigenvalue weighted by atomic mass is 32.1. The minimum absolute atomic E-state index is 0.0185. The van der Waals surface area contributed by atoms with E-state index in [1.165, 1.54) is 12.0 Å². The fraction of sp³-hybridized carbons (Fsp3) is 0.583. The lowest BCUT2D eigenvalue weighted by Crippen LogP contribution is -2.54. The van der Waals surface area contributed by atoms with E-state index in [-0.39, 0.29) is 18.3 Å². The summed E-state index contributed by atoms with van der Waals surface area (Å²) in [5.41, 5.74) is 1.75. The Labute approximate surface area is 206 Å². The Kier molecular flexibility index (Phi) is 9.37. The van der Waals surface area contributed by atoms with Crippen LogP contribution in [0, 0.1) is 13.8 Å². The van der Waals surface area contributed by atoms with E-state index in [4.69, 9.17) is 4.74 Å². The van der Waals surface area contributed by atoms with Crippen LogP contribution in [0.2, 0.25) is 0 Å². The second kappa shape index (κ2) is 11.6. The fourth-order valence-corrected chi connectivity index (χ4v) is 3.81. The second-order valence-electron chi connectivity index (χ2n) is 9.41. The third kappa shape index (κ3) is 7.65.